The minimum atomic E-state index is -0.0872. The summed E-state index contributed by atoms with van der Waals surface area (Å²) >= 11 is 3.28. The van der Waals surface area contributed by atoms with Crippen LogP contribution in [-0.4, -0.2) is 25.7 Å². The molecule has 0 saturated heterocycles. The molecule has 29 heavy (non-hydrogen) atoms. The largest absolute Gasteiger partial charge is 0.323 e. The molecule has 0 radical (unpaired) electrons. The predicted octanol–water partition coefficient (Wildman–Crippen LogP) is 4.50. The molecule has 3 heterocycles. The van der Waals surface area contributed by atoms with Gasteiger partial charge in [0.25, 0.3) is 0 Å². The molecule has 0 aliphatic rings. The molecule has 4 aromatic rings. The first-order valence-electron chi connectivity index (χ1n) is 9.31. The number of hydrogen-bond donors (Lipinski definition) is 1. The Kier molecular flexibility index (Phi) is 5.82. The number of anilines is 1. The zero-order chi connectivity index (χ0) is 20.2. The molecule has 0 aliphatic heterocycles. The molecule has 0 fully saturated rings. The molecular weight excluding hydrogens is 402 g/mol. The SMILES string of the molecule is Cc1ncsc1CCn1cc(NC(=O)Cc2nc(-c3ccccc3)sc2C)cn1. The van der Waals surface area contributed by atoms with Crippen molar-refractivity contribution in [2.45, 2.75) is 33.2 Å². The monoisotopic (exact) mass is 423 g/mol. The van der Waals surface area contributed by atoms with Crippen molar-refractivity contribution in [1.82, 2.24) is 19.7 Å². The first kappa shape index (κ1) is 19.5. The van der Waals surface area contributed by atoms with E-state index >= 15 is 0 Å². The van der Waals surface area contributed by atoms with Gasteiger partial charge in [0, 0.05) is 34.5 Å². The summed E-state index contributed by atoms with van der Waals surface area (Å²) in [6, 6.07) is 10.0. The van der Waals surface area contributed by atoms with E-state index in [1.54, 1.807) is 28.9 Å². The highest BCUT2D eigenvalue weighted by molar-refractivity contribution is 7.15. The van der Waals surface area contributed by atoms with Crippen molar-refractivity contribution >= 4 is 34.3 Å². The zero-order valence-corrected chi connectivity index (χ0v) is 17.9. The third kappa shape index (κ3) is 4.78. The van der Waals surface area contributed by atoms with Gasteiger partial charge < -0.3 is 5.32 Å². The van der Waals surface area contributed by atoms with E-state index in [0.29, 0.717) is 5.69 Å². The molecule has 0 saturated carbocycles. The van der Waals surface area contributed by atoms with Crippen LogP contribution >= 0.6 is 22.7 Å². The van der Waals surface area contributed by atoms with Crippen molar-refractivity contribution in [1.29, 1.82) is 0 Å². The molecule has 3 aromatic heterocycles. The number of amides is 1. The number of carbonyl (C=O) groups excluding carboxylic acids is 1. The Morgan fingerprint density at radius 1 is 1.21 bits per heavy atom. The Bertz CT molecular complexity index is 1110. The summed E-state index contributed by atoms with van der Waals surface area (Å²) in [5, 5.41) is 8.21. The fourth-order valence-corrected chi connectivity index (χ4v) is 4.69. The summed E-state index contributed by atoms with van der Waals surface area (Å²) in [7, 11) is 0. The van der Waals surface area contributed by atoms with E-state index in [4.69, 9.17) is 0 Å². The van der Waals surface area contributed by atoms with Gasteiger partial charge >= 0.3 is 0 Å². The van der Waals surface area contributed by atoms with Crippen molar-refractivity contribution in [2.24, 2.45) is 0 Å². The second-order valence-corrected chi connectivity index (χ2v) is 8.86. The van der Waals surface area contributed by atoms with Crippen molar-refractivity contribution in [2.75, 3.05) is 5.32 Å². The second-order valence-electron chi connectivity index (χ2n) is 6.72. The molecule has 0 bridgehead atoms. The lowest BCUT2D eigenvalue weighted by Crippen LogP contribution is -2.14. The third-order valence-electron chi connectivity index (χ3n) is 4.57. The summed E-state index contributed by atoms with van der Waals surface area (Å²) in [5.74, 6) is -0.0872. The molecule has 1 N–H and O–H groups in total. The maximum atomic E-state index is 12.5. The first-order chi connectivity index (χ1) is 14.1. The van der Waals surface area contributed by atoms with Crippen LogP contribution in [0.1, 0.15) is 21.1 Å². The van der Waals surface area contributed by atoms with Gasteiger partial charge in [-0.05, 0) is 13.8 Å². The number of benzene rings is 1. The third-order valence-corrected chi connectivity index (χ3v) is 6.63. The molecule has 6 nitrogen and oxygen atoms in total. The van der Waals surface area contributed by atoms with Gasteiger partial charge in [-0.1, -0.05) is 30.3 Å². The molecule has 0 aliphatic carbocycles. The van der Waals surface area contributed by atoms with E-state index < -0.39 is 0 Å². The van der Waals surface area contributed by atoms with Crippen LogP contribution in [0.15, 0.2) is 48.2 Å². The van der Waals surface area contributed by atoms with Crippen LogP contribution in [0, 0.1) is 13.8 Å². The number of hydrogen-bond acceptors (Lipinski definition) is 6. The van der Waals surface area contributed by atoms with Gasteiger partial charge in [-0.25, -0.2) is 9.97 Å². The van der Waals surface area contributed by atoms with Crippen molar-refractivity contribution in [3.63, 3.8) is 0 Å². The Morgan fingerprint density at radius 3 is 2.79 bits per heavy atom. The molecule has 1 amide bonds. The lowest BCUT2D eigenvalue weighted by atomic mass is 10.2. The number of aromatic nitrogens is 4. The topological polar surface area (TPSA) is 72.7 Å². The number of rotatable bonds is 7. The van der Waals surface area contributed by atoms with Crippen molar-refractivity contribution in [3.8, 4) is 10.6 Å². The predicted molar refractivity (Wildman–Crippen MR) is 117 cm³/mol. The van der Waals surface area contributed by atoms with Gasteiger partial charge in [0.05, 0.1) is 35.2 Å². The highest BCUT2D eigenvalue weighted by Gasteiger charge is 2.14. The van der Waals surface area contributed by atoms with Crippen molar-refractivity contribution < 1.29 is 4.79 Å². The van der Waals surface area contributed by atoms with E-state index in [2.05, 4.69) is 20.4 Å². The van der Waals surface area contributed by atoms with Gasteiger partial charge in [-0.2, -0.15) is 5.10 Å². The van der Waals surface area contributed by atoms with E-state index in [0.717, 1.165) is 39.8 Å². The highest BCUT2D eigenvalue weighted by Crippen LogP contribution is 2.27. The Labute approximate surface area is 177 Å². The van der Waals surface area contributed by atoms with Gasteiger partial charge in [0.1, 0.15) is 5.01 Å². The number of aryl methyl sites for hydroxylation is 4. The molecular formula is C21H21N5OS2. The van der Waals surface area contributed by atoms with Gasteiger partial charge in [-0.3, -0.25) is 9.48 Å². The fraction of sp³-hybridized carbons (Fsp3) is 0.238. The van der Waals surface area contributed by atoms with Crippen LogP contribution in [0.4, 0.5) is 5.69 Å². The quantitative estimate of drug-likeness (QED) is 0.475. The number of nitrogens with one attached hydrogen (secondary N) is 1. The smallest absolute Gasteiger partial charge is 0.230 e. The van der Waals surface area contributed by atoms with E-state index in [1.807, 2.05) is 60.6 Å². The minimum Gasteiger partial charge on any atom is -0.323 e. The average Bonchev–Trinajstić information content (AvgIpc) is 3.42. The Hall–Kier alpha value is -2.84. The van der Waals surface area contributed by atoms with Crippen LogP contribution in [-0.2, 0) is 24.2 Å². The number of carbonyl (C=O) groups is 1. The number of thiazole rings is 2. The maximum absolute atomic E-state index is 12.5. The lowest BCUT2D eigenvalue weighted by Gasteiger charge is -2.02. The van der Waals surface area contributed by atoms with Gasteiger partial charge in [-0.15, -0.1) is 22.7 Å². The summed E-state index contributed by atoms with van der Waals surface area (Å²) in [5.41, 5.74) is 5.53. The lowest BCUT2D eigenvalue weighted by molar-refractivity contribution is -0.115. The van der Waals surface area contributed by atoms with Crippen LogP contribution in [0.25, 0.3) is 10.6 Å². The molecule has 8 heteroatoms. The maximum Gasteiger partial charge on any atom is 0.230 e. The molecule has 0 unspecified atom stereocenters. The average molecular weight is 424 g/mol. The van der Waals surface area contributed by atoms with Crippen LogP contribution in [0.5, 0.6) is 0 Å². The normalized spacial score (nSPS) is 11.0. The summed E-state index contributed by atoms with van der Waals surface area (Å²) in [6.07, 6.45) is 4.67. The summed E-state index contributed by atoms with van der Waals surface area (Å²) in [6.45, 7) is 4.78. The van der Waals surface area contributed by atoms with Crippen LogP contribution < -0.4 is 5.32 Å². The summed E-state index contributed by atoms with van der Waals surface area (Å²) < 4.78 is 1.84. The van der Waals surface area contributed by atoms with Crippen LogP contribution in [0.3, 0.4) is 0 Å². The highest BCUT2D eigenvalue weighted by atomic mass is 32.1. The van der Waals surface area contributed by atoms with E-state index in [-0.39, 0.29) is 12.3 Å². The standard InChI is InChI=1S/C21H21N5OS2/c1-14-19(28-13-22-14)8-9-26-12-17(11-23-26)24-20(27)10-18-15(2)29-21(25-18)16-6-4-3-5-7-16/h3-7,11-13H,8-10H2,1-2H3,(H,24,27). The van der Waals surface area contributed by atoms with Crippen LogP contribution in [0.2, 0.25) is 0 Å². The Balaban J connectivity index is 1.35. The molecule has 148 valence electrons. The van der Waals surface area contributed by atoms with E-state index in [1.165, 1.54) is 4.88 Å². The molecule has 1 aromatic carbocycles. The molecule has 4 rings (SSSR count). The zero-order valence-electron chi connectivity index (χ0n) is 16.3. The Morgan fingerprint density at radius 2 is 2.03 bits per heavy atom. The first-order valence-corrected chi connectivity index (χ1v) is 11.0. The second kappa shape index (κ2) is 8.67. The minimum absolute atomic E-state index is 0.0872. The van der Waals surface area contributed by atoms with Gasteiger partial charge in [0.2, 0.25) is 5.91 Å². The summed E-state index contributed by atoms with van der Waals surface area (Å²) in [4.78, 5) is 23.7. The van der Waals surface area contributed by atoms with E-state index in [9.17, 15) is 4.79 Å². The fourth-order valence-electron chi connectivity index (χ4n) is 2.99. The molecule has 0 spiro atoms. The van der Waals surface area contributed by atoms with Gasteiger partial charge in [0.15, 0.2) is 0 Å². The molecule has 0 atom stereocenters. The van der Waals surface area contributed by atoms with Crippen molar-refractivity contribution in [3.05, 3.63) is 69.4 Å². The number of nitrogens with zero attached hydrogens (tertiary/aromatic N) is 4.